The number of hydrogen-bond acceptors (Lipinski definition) is 2. The molecule has 2 aromatic carbocycles. The van der Waals surface area contributed by atoms with E-state index in [2.05, 4.69) is 77.7 Å². The van der Waals surface area contributed by atoms with Gasteiger partial charge in [0, 0.05) is 33.4 Å². The van der Waals surface area contributed by atoms with Gasteiger partial charge in [-0.2, -0.15) is 0 Å². The average Bonchev–Trinajstić information content (AvgIpc) is 3.28. The second-order valence-corrected chi connectivity index (χ2v) is 8.38. The summed E-state index contributed by atoms with van der Waals surface area (Å²) < 4.78 is 1.99. The number of benzene rings is 2. The SMILES string of the molecule is C=C/C=C\C=C\n1[nH][nH]c2c3ccccc3c(NC3=CCCC=C3C)c(N)c3ccccc3c1=2. The molecule has 0 saturated heterocycles. The number of H-pyrrole nitrogens is 2. The van der Waals surface area contributed by atoms with Crippen molar-refractivity contribution in [2.45, 2.75) is 19.8 Å². The first-order chi connectivity index (χ1) is 16.7. The molecule has 5 rings (SSSR count). The van der Waals surface area contributed by atoms with Crippen LogP contribution >= 0.6 is 0 Å². The molecule has 1 heterocycles. The fourth-order valence-electron chi connectivity index (χ4n) is 4.54. The molecule has 0 fully saturated rings. The summed E-state index contributed by atoms with van der Waals surface area (Å²) in [6.45, 7) is 5.88. The summed E-state index contributed by atoms with van der Waals surface area (Å²) in [5.41, 5.74) is 10.9. The first kappa shape index (κ1) is 21.5. The van der Waals surface area contributed by atoms with Gasteiger partial charge >= 0.3 is 0 Å². The van der Waals surface area contributed by atoms with Crippen molar-refractivity contribution in [3.63, 3.8) is 0 Å². The van der Waals surface area contributed by atoms with Crippen molar-refractivity contribution < 1.29 is 0 Å². The minimum Gasteiger partial charge on any atom is -0.397 e. The van der Waals surface area contributed by atoms with Crippen LogP contribution < -0.4 is 11.1 Å². The summed E-state index contributed by atoms with van der Waals surface area (Å²) in [5, 5.41) is 16.5. The van der Waals surface area contributed by atoms with Crippen molar-refractivity contribution in [1.29, 1.82) is 0 Å². The van der Waals surface area contributed by atoms with Crippen molar-refractivity contribution in [2.75, 3.05) is 11.1 Å². The molecule has 34 heavy (non-hydrogen) atoms. The smallest absolute Gasteiger partial charge is 0.0973 e. The van der Waals surface area contributed by atoms with Crippen molar-refractivity contribution in [3.8, 4) is 0 Å². The van der Waals surface area contributed by atoms with Crippen molar-refractivity contribution >= 4 is 39.1 Å². The van der Waals surface area contributed by atoms with Gasteiger partial charge in [0.15, 0.2) is 0 Å². The fourth-order valence-corrected chi connectivity index (χ4v) is 4.54. The van der Waals surface area contributed by atoms with Crippen LogP contribution in [0.4, 0.5) is 11.4 Å². The Kier molecular flexibility index (Phi) is 5.83. The predicted octanol–water partition coefficient (Wildman–Crippen LogP) is 7.13. The summed E-state index contributed by atoms with van der Waals surface area (Å²) in [4.78, 5) is 0. The van der Waals surface area contributed by atoms with E-state index in [0.29, 0.717) is 0 Å². The maximum atomic E-state index is 6.95. The Morgan fingerprint density at radius 1 is 0.912 bits per heavy atom. The van der Waals surface area contributed by atoms with Crippen LogP contribution in [0.15, 0.2) is 103 Å². The molecule has 0 saturated carbocycles. The van der Waals surface area contributed by atoms with E-state index in [1.165, 1.54) is 5.57 Å². The van der Waals surface area contributed by atoms with Crippen LogP contribution in [-0.2, 0) is 0 Å². The lowest BCUT2D eigenvalue weighted by molar-refractivity contribution is 0.823. The molecule has 2 aromatic rings. The van der Waals surface area contributed by atoms with E-state index in [1.807, 2.05) is 41.2 Å². The molecule has 0 atom stereocenters. The Labute approximate surface area is 198 Å². The third kappa shape index (κ3) is 3.82. The van der Waals surface area contributed by atoms with Gasteiger partial charge in [0.1, 0.15) is 0 Å². The van der Waals surface area contributed by atoms with Crippen molar-refractivity contribution in [1.82, 2.24) is 15.0 Å². The lowest BCUT2D eigenvalue weighted by Crippen LogP contribution is -2.06. The van der Waals surface area contributed by atoms with Crippen LogP contribution in [0.25, 0.3) is 27.7 Å². The van der Waals surface area contributed by atoms with Crippen molar-refractivity contribution in [3.05, 3.63) is 114 Å². The second kappa shape index (κ2) is 9.24. The molecular weight excluding hydrogens is 418 g/mol. The topological polar surface area (TPSA) is 74.6 Å². The number of aromatic amines is 2. The fraction of sp³-hybridized carbons (Fsp3) is 0.103. The number of fused-ring (bicyclic) bond motifs is 4. The van der Waals surface area contributed by atoms with Gasteiger partial charge in [0.05, 0.1) is 22.1 Å². The second-order valence-electron chi connectivity index (χ2n) is 8.38. The first-order valence-corrected chi connectivity index (χ1v) is 11.5. The highest BCUT2D eigenvalue weighted by molar-refractivity contribution is 6.07. The number of anilines is 2. The van der Waals surface area contributed by atoms with E-state index in [4.69, 9.17) is 5.73 Å². The highest BCUT2D eigenvalue weighted by Gasteiger charge is 2.14. The Morgan fingerprint density at radius 3 is 2.38 bits per heavy atom. The summed E-state index contributed by atoms with van der Waals surface area (Å²) in [6, 6.07) is 16.6. The number of nitrogens with two attached hydrogens (primary N) is 1. The molecule has 1 aliphatic heterocycles. The summed E-state index contributed by atoms with van der Waals surface area (Å²) in [6.07, 6.45) is 16.2. The quantitative estimate of drug-likeness (QED) is 0.246. The van der Waals surface area contributed by atoms with Gasteiger partial charge in [-0.15, -0.1) is 0 Å². The Balaban J connectivity index is 1.92. The number of allylic oxidation sites excluding steroid dienone is 7. The molecule has 2 aliphatic carbocycles. The van der Waals surface area contributed by atoms with Crippen LogP contribution in [0.1, 0.15) is 19.8 Å². The van der Waals surface area contributed by atoms with E-state index < -0.39 is 0 Å². The number of hydrogen-bond donors (Lipinski definition) is 4. The minimum atomic E-state index is 0.719. The highest BCUT2D eigenvalue weighted by Crippen LogP contribution is 2.36. The van der Waals surface area contributed by atoms with E-state index in [1.54, 1.807) is 6.08 Å². The first-order valence-electron chi connectivity index (χ1n) is 11.5. The van der Waals surface area contributed by atoms with Gasteiger partial charge in [-0.25, -0.2) is 9.90 Å². The number of nitrogens with zero attached hydrogens (tertiary/aromatic N) is 1. The predicted molar refractivity (Wildman–Crippen MR) is 145 cm³/mol. The van der Waals surface area contributed by atoms with E-state index in [-0.39, 0.29) is 0 Å². The molecular formula is C29H29N5. The largest absolute Gasteiger partial charge is 0.397 e. The van der Waals surface area contributed by atoms with E-state index in [9.17, 15) is 0 Å². The monoisotopic (exact) mass is 447 g/mol. The van der Waals surface area contributed by atoms with Crippen LogP contribution in [-0.4, -0.2) is 15.0 Å². The van der Waals surface area contributed by atoms with E-state index >= 15 is 0 Å². The molecule has 0 aromatic heterocycles. The Morgan fingerprint density at radius 2 is 1.62 bits per heavy atom. The Hall–Kier alpha value is -4.38. The van der Waals surface area contributed by atoms with Gasteiger partial charge in [-0.05, 0) is 31.4 Å². The van der Waals surface area contributed by atoms with Gasteiger partial charge in [-0.3, -0.25) is 5.10 Å². The number of nitrogens with one attached hydrogen (secondary N) is 3. The maximum absolute atomic E-state index is 6.95. The molecule has 0 amide bonds. The lowest BCUT2D eigenvalue weighted by Gasteiger charge is -2.18. The zero-order chi connectivity index (χ0) is 23.5. The highest BCUT2D eigenvalue weighted by atomic mass is 15.4. The normalized spacial score (nSPS) is 14.1. The molecule has 0 bridgehead atoms. The molecule has 0 spiro atoms. The molecule has 0 radical (unpaired) electrons. The van der Waals surface area contributed by atoms with Gasteiger partial charge < -0.3 is 11.1 Å². The molecule has 5 N–H and O–H groups in total. The van der Waals surface area contributed by atoms with Crippen LogP contribution in [0, 0.1) is 10.7 Å². The van der Waals surface area contributed by atoms with Crippen molar-refractivity contribution in [2.24, 2.45) is 0 Å². The van der Waals surface area contributed by atoms with Gasteiger partial charge in [-0.1, -0.05) is 85.5 Å². The number of aromatic nitrogens is 3. The standard InChI is InChI=1S/C29H29N5/c1-3-4-5-12-19-34-29-24-17-10-7-14-21(24)26(30)27(31-25-18-11-6-13-20(25)2)22-15-8-9-16-23(22)28(29)32-33-34/h3-5,7-10,12-19,31-33H,1,6,11,30H2,2H3/b5-4-,19-12+,26-21?,27-22?,27-26?,28-23?,29-24?. The lowest BCUT2D eigenvalue weighted by atomic mass is 10.0. The van der Waals surface area contributed by atoms with E-state index in [0.717, 1.165) is 62.2 Å². The third-order valence-corrected chi connectivity index (χ3v) is 6.23. The van der Waals surface area contributed by atoms with Crippen LogP contribution in [0.3, 0.4) is 0 Å². The Bertz CT molecular complexity index is 1620. The molecule has 0 unspecified atom stereocenters. The molecule has 5 nitrogen and oxygen atoms in total. The van der Waals surface area contributed by atoms with Gasteiger partial charge in [0.25, 0.3) is 0 Å². The molecule has 170 valence electrons. The number of rotatable bonds is 5. The number of nitrogen functional groups attached to an aromatic ring is 1. The zero-order valence-corrected chi connectivity index (χ0v) is 19.3. The minimum absolute atomic E-state index is 0.719. The van der Waals surface area contributed by atoms with Gasteiger partial charge in [0.2, 0.25) is 0 Å². The third-order valence-electron chi connectivity index (χ3n) is 6.23. The molecule has 5 heteroatoms. The zero-order valence-electron chi connectivity index (χ0n) is 19.3. The van der Waals surface area contributed by atoms with Crippen LogP contribution in [0.2, 0.25) is 0 Å². The summed E-state index contributed by atoms with van der Waals surface area (Å²) in [5.74, 6) is 0. The maximum Gasteiger partial charge on any atom is 0.0973 e. The van der Waals surface area contributed by atoms with Crippen LogP contribution in [0.5, 0.6) is 0 Å². The summed E-state index contributed by atoms with van der Waals surface area (Å²) in [7, 11) is 0. The average molecular weight is 448 g/mol. The molecule has 3 aliphatic rings. The summed E-state index contributed by atoms with van der Waals surface area (Å²) >= 11 is 0.